The van der Waals surface area contributed by atoms with Crippen molar-refractivity contribution in [3.63, 3.8) is 0 Å². The van der Waals surface area contributed by atoms with E-state index in [1.807, 2.05) is 75.4 Å². The van der Waals surface area contributed by atoms with Gasteiger partial charge in [0.15, 0.2) is 0 Å². The lowest BCUT2D eigenvalue weighted by molar-refractivity contribution is -0.152. The minimum atomic E-state index is -1.17. The van der Waals surface area contributed by atoms with Crippen LogP contribution in [0, 0.1) is 17.8 Å². The molecule has 6 atom stereocenters. The zero-order chi connectivity index (χ0) is 33.1. The van der Waals surface area contributed by atoms with Crippen LogP contribution in [0.2, 0.25) is 0 Å². The molecule has 246 valence electrons. The van der Waals surface area contributed by atoms with Gasteiger partial charge >= 0.3 is 0 Å². The number of rotatable bonds is 15. The van der Waals surface area contributed by atoms with Crippen LogP contribution in [0.4, 0.5) is 5.69 Å². The normalized spacial score (nSPS) is 27.7. The molecule has 3 saturated heterocycles. The maximum absolute atomic E-state index is 14.7. The molecule has 2 bridgehead atoms. The van der Waals surface area contributed by atoms with Gasteiger partial charge in [-0.3, -0.25) is 14.4 Å². The Bertz CT molecular complexity index is 1430. The molecule has 3 unspecified atom stereocenters. The van der Waals surface area contributed by atoms with Gasteiger partial charge in [0, 0.05) is 38.5 Å². The number of aliphatic hydroxyl groups is 1. The summed E-state index contributed by atoms with van der Waals surface area (Å²) < 4.78 is 12.6. The lowest BCUT2D eigenvalue weighted by atomic mass is 9.62. The van der Waals surface area contributed by atoms with Gasteiger partial charge in [0.05, 0.1) is 24.0 Å². The number of hydrogen-bond donors (Lipinski definition) is 1. The summed E-state index contributed by atoms with van der Waals surface area (Å²) in [5.74, 6) is -1.72. The molecule has 3 aliphatic heterocycles. The van der Waals surface area contributed by atoms with Crippen molar-refractivity contribution in [3.8, 4) is 5.75 Å². The zero-order valence-corrected chi connectivity index (χ0v) is 27.3. The van der Waals surface area contributed by atoms with Crippen molar-refractivity contribution >= 4 is 23.4 Å². The Morgan fingerprint density at radius 3 is 2.39 bits per heavy atom. The van der Waals surface area contributed by atoms with E-state index in [0.717, 1.165) is 5.56 Å². The van der Waals surface area contributed by atoms with Crippen molar-refractivity contribution < 1.29 is 29.0 Å². The van der Waals surface area contributed by atoms with Crippen LogP contribution in [0.15, 0.2) is 79.9 Å². The van der Waals surface area contributed by atoms with Crippen molar-refractivity contribution in [1.82, 2.24) is 9.80 Å². The fourth-order valence-corrected chi connectivity index (χ4v) is 7.90. The van der Waals surface area contributed by atoms with Gasteiger partial charge < -0.3 is 29.3 Å². The molecule has 2 aromatic carbocycles. The third-order valence-electron chi connectivity index (χ3n) is 10.0. The molecular formula is C37H47N3O6. The molecular weight excluding hydrogens is 582 g/mol. The summed E-state index contributed by atoms with van der Waals surface area (Å²) in [5.41, 5.74) is -0.500. The number of hydrogen-bond acceptors (Lipinski definition) is 6. The molecule has 1 spiro atoms. The van der Waals surface area contributed by atoms with Crippen molar-refractivity contribution in [2.45, 2.75) is 63.8 Å². The number of unbranched alkanes of at least 4 members (excludes halogenated alkanes) is 1. The number of anilines is 1. The SMILES string of the molecule is C=CCN(Cc1ccccc1)C(=O)C1N(CCCCO)C(=O)[C@@H]2[C@@H](C(=O)N(CC=C)c3ccc(OCC)cc3)[C@]3(C)OC12CC3C. The lowest BCUT2D eigenvalue weighted by Gasteiger charge is -2.39. The number of carbonyl (C=O) groups excluding carboxylic acids is 3. The van der Waals surface area contributed by atoms with Crippen LogP contribution < -0.4 is 9.64 Å². The Kier molecular flexibility index (Phi) is 10.0. The molecule has 0 aromatic heterocycles. The first-order chi connectivity index (χ1) is 22.2. The molecule has 3 heterocycles. The number of nitrogens with zero attached hydrogens (tertiary/aromatic N) is 3. The standard InChI is InChI=1S/C37H47N3O6/c1-6-20-38(25-27-14-10-9-11-15-27)35(44)32-37-24-26(4)36(5,46-37)30(31(37)34(43)40(32)22-12-13-23-41)33(42)39(21-7-2)28-16-18-29(19-17-28)45-8-3/h6-7,9-11,14-19,26,30-32,41H,1-2,8,12-13,20-25H2,3-5H3/t26?,30-,31-,32?,36+,37?/m0/s1. The van der Waals surface area contributed by atoms with E-state index >= 15 is 0 Å². The van der Waals surface area contributed by atoms with Crippen LogP contribution in [0.3, 0.4) is 0 Å². The van der Waals surface area contributed by atoms with E-state index in [9.17, 15) is 19.5 Å². The van der Waals surface area contributed by atoms with E-state index in [4.69, 9.17) is 9.47 Å². The Balaban J connectivity index is 1.56. The minimum absolute atomic E-state index is 0.0167. The molecule has 0 aliphatic carbocycles. The third kappa shape index (κ3) is 5.75. The van der Waals surface area contributed by atoms with Gasteiger partial charge in [0.1, 0.15) is 17.4 Å². The van der Waals surface area contributed by atoms with Crippen LogP contribution in [-0.4, -0.2) is 82.7 Å². The fraction of sp³-hybridized carbons (Fsp3) is 0.486. The summed E-state index contributed by atoms with van der Waals surface area (Å²) in [6.07, 6.45) is 4.86. The summed E-state index contributed by atoms with van der Waals surface area (Å²) >= 11 is 0. The number of aliphatic hydroxyl groups excluding tert-OH is 1. The number of fused-ring (bicyclic) bond motifs is 1. The van der Waals surface area contributed by atoms with E-state index in [1.165, 1.54) is 0 Å². The molecule has 9 heteroatoms. The number of benzene rings is 2. The highest BCUT2D eigenvalue weighted by atomic mass is 16.5. The predicted octanol–water partition coefficient (Wildman–Crippen LogP) is 4.60. The van der Waals surface area contributed by atoms with E-state index in [0.29, 0.717) is 50.4 Å². The Morgan fingerprint density at radius 1 is 1.07 bits per heavy atom. The molecule has 5 rings (SSSR count). The Labute approximate surface area is 272 Å². The quantitative estimate of drug-likeness (QED) is 0.228. The fourth-order valence-electron chi connectivity index (χ4n) is 7.90. The molecule has 2 aromatic rings. The molecule has 0 saturated carbocycles. The first-order valence-electron chi connectivity index (χ1n) is 16.4. The molecule has 3 fully saturated rings. The lowest BCUT2D eigenvalue weighted by Crippen LogP contribution is -2.57. The number of carbonyl (C=O) groups is 3. The second kappa shape index (κ2) is 13.8. The van der Waals surface area contributed by atoms with Crippen LogP contribution in [-0.2, 0) is 25.7 Å². The molecule has 9 nitrogen and oxygen atoms in total. The van der Waals surface area contributed by atoms with Gasteiger partial charge in [0.2, 0.25) is 17.7 Å². The van der Waals surface area contributed by atoms with Crippen LogP contribution in [0.5, 0.6) is 5.75 Å². The number of amides is 3. The van der Waals surface area contributed by atoms with E-state index in [2.05, 4.69) is 13.2 Å². The first kappa shape index (κ1) is 33.4. The highest BCUT2D eigenvalue weighted by Crippen LogP contribution is 2.65. The van der Waals surface area contributed by atoms with Gasteiger partial charge in [-0.25, -0.2) is 0 Å². The molecule has 3 aliphatic rings. The van der Waals surface area contributed by atoms with E-state index < -0.39 is 29.1 Å². The zero-order valence-electron chi connectivity index (χ0n) is 27.3. The highest BCUT2D eigenvalue weighted by molar-refractivity contribution is 6.03. The molecule has 46 heavy (non-hydrogen) atoms. The smallest absolute Gasteiger partial charge is 0.248 e. The van der Waals surface area contributed by atoms with Gasteiger partial charge in [-0.2, -0.15) is 0 Å². The largest absolute Gasteiger partial charge is 0.494 e. The number of likely N-dealkylation sites (tertiary alicyclic amines) is 1. The van der Waals surface area contributed by atoms with Crippen LogP contribution >= 0.6 is 0 Å². The van der Waals surface area contributed by atoms with Gasteiger partial charge in [-0.15, -0.1) is 13.2 Å². The monoisotopic (exact) mass is 629 g/mol. The maximum atomic E-state index is 14.7. The summed E-state index contributed by atoms with van der Waals surface area (Å²) in [7, 11) is 0. The first-order valence-corrected chi connectivity index (χ1v) is 16.4. The van der Waals surface area contributed by atoms with Gasteiger partial charge in [-0.05, 0) is 68.9 Å². The van der Waals surface area contributed by atoms with Crippen molar-refractivity contribution in [2.24, 2.45) is 17.8 Å². The van der Waals surface area contributed by atoms with Gasteiger partial charge in [-0.1, -0.05) is 49.4 Å². The van der Waals surface area contributed by atoms with E-state index in [-0.39, 0.29) is 43.3 Å². The summed E-state index contributed by atoms with van der Waals surface area (Å²) in [4.78, 5) is 49.1. The second-order valence-corrected chi connectivity index (χ2v) is 12.8. The van der Waals surface area contributed by atoms with Crippen LogP contribution in [0.1, 0.15) is 45.6 Å². The average Bonchev–Trinajstić information content (AvgIpc) is 3.56. The topological polar surface area (TPSA) is 99.6 Å². The molecule has 3 amide bonds. The van der Waals surface area contributed by atoms with Gasteiger partial charge in [0.25, 0.3) is 0 Å². The second-order valence-electron chi connectivity index (χ2n) is 12.8. The summed E-state index contributed by atoms with van der Waals surface area (Å²) in [6.45, 7) is 15.4. The molecule has 1 N–H and O–H groups in total. The maximum Gasteiger partial charge on any atom is 0.248 e. The van der Waals surface area contributed by atoms with Crippen molar-refractivity contribution in [3.05, 3.63) is 85.5 Å². The third-order valence-corrected chi connectivity index (χ3v) is 10.0. The summed E-state index contributed by atoms with van der Waals surface area (Å²) in [6, 6.07) is 16.1. The average molecular weight is 630 g/mol. The predicted molar refractivity (Wildman–Crippen MR) is 177 cm³/mol. The minimum Gasteiger partial charge on any atom is -0.494 e. The van der Waals surface area contributed by atoms with Crippen molar-refractivity contribution in [2.75, 3.05) is 37.7 Å². The number of ether oxygens (including phenoxy) is 2. The Morgan fingerprint density at radius 2 is 1.76 bits per heavy atom. The van der Waals surface area contributed by atoms with Crippen LogP contribution in [0.25, 0.3) is 0 Å². The van der Waals surface area contributed by atoms with E-state index in [1.54, 1.807) is 26.9 Å². The summed E-state index contributed by atoms with van der Waals surface area (Å²) in [5, 5.41) is 9.54. The van der Waals surface area contributed by atoms with Crippen molar-refractivity contribution in [1.29, 1.82) is 0 Å². The Hall–Kier alpha value is -3.95. The highest BCUT2D eigenvalue weighted by Gasteiger charge is 2.80. The molecule has 0 radical (unpaired) electrons.